The highest BCUT2D eigenvalue weighted by Crippen LogP contribution is 2.39. The van der Waals surface area contributed by atoms with Crippen LogP contribution in [0.15, 0.2) is 15.9 Å². The molecule has 1 rings (SSSR count). The molecule has 0 aliphatic carbocycles. The molecule has 0 aliphatic rings. The average Bonchev–Trinajstić information content (AvgIpc) is 2.45. The lowest BCUT2D eigenvalue weighted by Crippen LogP contribution is -2.37. The van der Waals surface area contributed by atoms with Crippen molar-refractivity contribution in [2.45, 2.75) is 36.2 Å². The second-order valence-corrected chi connectivity index (χ2v) is 10.2. The van der Waals surface area contributed by atoms with Crippen LogP contribution in [0.5, 0.6) is 0 Å². The molecule has 1 aromatic rings. The highest BCUT2D eigenvalue weighted by molar-refractivity contribution is 7.90. The van der Waals surface area contributed by atoms with Gasteiger partial charge in [-0.3, -0.25) is 4.79 Å². The van der Waals surface area contributed by atoms with Crippen molar-refractivity contribution in [1.29, 1.82) is 0 Å². The number of nitrogens with one attached hydrogen (secondary N) is 2. The number of anilines is 1. The third-order valence-corrected chi connectivity index (χ3v) is 5.66. The van der Waals surface area contributed by atoms with Crippen molar-refractivity contribution in [2.75, 3.05) is 11.9 Å². The molecule has 0 aromatic heterocycles. The molecular formula is C13H18Cl2N4O7S2. The topological polar surface area (TPSA) is 188 Å². The van der Waals surface area contributed by atoms with Gasteiger partial charge in [0.15, 0.2) is 0 Å². The molecular weight excluding hydrogens is 459 g/mol. The summed E-state index contributed by atoms with van der Waals surface area (Å²) in [4.78, 5) is 22.0. The van der Waals surface area contributed by atoms with Gasteiger partial charge in [0.1, 0.15) is 21.9 Å². The summed E-state index contributed by atoms with van der Waals surface area (Å²) in [6.07, 6.45) is -0.900. The Morgan fingerprint density at radius 2 is 1.54 bits per heavy atom. The number of hydrogen-bond donors (Lipinski definition) is 4. The number of nitrogens with two attached hydrogens (primary N) is 2. The van der Waals surface area contributed by atoms with Crippen molar-refractivity contribution >= 4 is 60.9 Å². The molecule has 6 N–H and O–H groups in total. The maximum atomic E-state index is 12.0. The van der Waals surface area contributed by atoms with Crippen LogP contribution >= 0.6 is 23.2 Å². The van der Waals surface area contributed by atoms with Gasteiger partial charge in [-0.1, -0.05) is 23.2 Å². The van der Waals surface area contributed by atoms with Gasteiger partial charge >= 0.3 is 6.09 Å². The van der Waals surface area contributed by atoms with Gasteiger partial charge < -0.3 is 15.4 Å². The van der Waals surface area contributed by atoms with E-state index in [9.17, 15) is 26.4 Å². The maximum absolute atomic E-state index is 12.0. The molecule has 0 aliphatic heterocycles. The van der Waals surface area contributed by atoms with Crippen LogP contribution in [-0.4, -0.2) is 41.0 Å². The second-order valence-electron chi connectivity index (χ2n) is 6.37. The molecule has 11 nitrogen and oxygen atoms in total. The first-order valence-corrected chi connectivity index (χ1v) is 11.1. The van der Waals surface area contributed by atoms with Gasteiger partial charge in [-0.15, -0.1) is 0 Å². The van der Waals surface area contributed by atoms with Gasteiger partial charge in [0.05, 0.1) is 15.7 Å². The minimum Gasteiger partial charge on any atom is -0.444 e. The van der Waals surface area contributed by atoms with E-state index in [1.54, 1.807) is 20.8 Å². The Hall–Kier alpha value is -1.64. The van der Waals surface area contributed by atoms with E-state index < -0.39 is 69.7 Å². The van der Waals surface area contributed by atoms with Crippen molar-refractivity contribution in [1.82, 2.24) is 5.32 Å². The average molecular weight is 477 g/mol. The quantitative estimate of drug-likeness (QED) is 0.481. The first-order chi connectivity index (χ1) is 12.4. The number of halogens is 2. The molecule has 0 radical (unpaired) electrons. The van der Waals surface area contributed by atoms with Gasteiger partial charge in [0, 0.05) is 0 Å². The monoisotopic (exact) mass is 476 g/mol. The number of amides is 2. The number of ether oxygens (including phenoxy) is 1. The molecule has 28 heavy (non-hydrogen) atoms. The molecule has 0 heterocycles. The highest BCUT2D eigenvalue weighted by atomic mass is 35.5. The van der Waals surface area contributed by atoms with E-state index in [0.717, 1.165) is 0 Å². The Morgan fingerprint density at radius 1 is 1.04 bits per heavy atom. The first-order valence-electron chi connectivity index (χ1n) is 7.28. The summed E-state index contributed by atoms with van der Waals surface area (Å²) >= 11 is 11.7. The Labute approximate surface area is 171 Å². The van der Waals surface area contributed by atoms with E-state index >= 15 is 0 Å². The van der Waals surface area contributed by atoms with Gasteiger partial charge in [0.25, 0.3) is 0 Å². The summed E-state index contributed by atoms with van der Waals surface area (Å²) < 4.78 is 51.7. The number of carbonyl (C=O) groups excluding carboxylic acids is 2. The number of alkyl carbamates (subject to hydrolysis) is 1. The van der Waals surface area contributed by atoms with E-state index in [1.807, 2.05) is 0 Å². The predicted molar refractivity (Wildman–Crippen MR) is 102 cm³/mol. The number of hydrogen-bond acceptors (Lipinski definition) is 7. The zero-order valence-electron chi connectivity index (χ0n) is 14.9. The summed E-state index contributed by atoms with van der Waals surface area (Å²) in [6, 6.07) is 0.565. The number of carbonyl (C=O) groups is 2. The fraction of sp³-hybridized carbons (Fsp3) is 0.385. The number of rotatable bonds is 5. The Balaban J connectivity index is 3.22. The molecule has 0 unspecified atom stereocenters. The molecule has 0 fully saturated rings. The molecule has 158 valence electrons. The lowest BCUT2D eigenvalue weighted by molar-refractivity contribution is -0.115. The first kappa shape index (κ1) is 24.4. The largest absolute Gasteiger partial charge is 0.444 e. The summed E-state index contributed by atoms with van der Waals surface area (Å²) in [5.41, 5.74) is -1.38. The molecule has 0 spiro atoms. The summed E-state index contributed by atoms with van der Waals surface area (Å²) in [5.74, 6) is -0.919. The van der Waals surface area contributed by atoms with Crippen molar-refractivity contribution in [2.24, 2.45) is 10.3 Å². The Morgan fingerprint density at radius 3 is 1.96 bits per heavy atom. The van der Waals surface area contributed by atoms with E-state index in [1.165, 1.54) is 0 Å². The van der Waals surface area contributed by atoms with E-state index in [-0.39, 0.29) is 0 Å². The predicted octanol–water partition coefficient (Wildman–Crippen LogP) is 0.751. The number of primary sulfonamides is 2. The zero-order chi connectivity index (χ0) is 22.1. The van der Waals surface area contributed by atoms with Crippen LogP contribution in [0.2, 0.25) is 10.0 Å². The van der Waals surface area contributed by atoms with E-state index in [0.29, 0.717) is 6.07 Å². The maximum Gasteiger partial charge on any atom is 0.408 e. The van der Waals surface area contributed by atoms with Crippen molar-refractivity contribution in [3.63, 3.8) is 0 Å². The minimum atomic E-state index is -4.55. The standard InChI is InChI=1S/C13H18Cl2N4O7S2/c1-13(2,3)26-12(21)18-5-8(20)19-11-7(28(17,24)25)4-6(27(16,22)23)9(14)10(11)15/h4H,5H2,1-3H3,(H,18,21)(H,19,20)(H2,16,22,23)(H2,17,24,25). The third kappa shape index (κ3) is 6.76. The van der Waals surface area contributed by atoms with Crippen LogP contribution in [0, 0.1) is 0 Å². The van der Waals surface area contributed by atoms with Gasteiger partial charge in [-0.05, 0) is 26.8 Å². The normalized spacial score (nSPS) is 12.4. The fourth-order valence-electron chi connectivity index (χ4n) is 1.78. The molecule has 2 amide bonds. The lowest BCUT2D eigenvalue weighted by atomic mass is 10.2. The van der Waals surface area contributed by atoms with Crippen LogP contribution < -0.4 is 20.9 Å². The second kappa shape index (κ2) is 8.39. The lowest BCUT2D eigenvalue weighted by Gasteiger charge is -2.20. The van der Waals surface area contributed by atoms with E-state index in [2.05, 4.69) is 10.6 Å². The summed E-state index contributed by atoms with van der Waals surface area (Å²) in [5, 5.41) is 13.0. The number of benzene rings is 1. The van der Waals surface area contributed by atoms with Gasteiger partial charge in [-0.25, -0.2) is 31.9 Å². The molecule has 0 atom stereocenters. The van der Waals surface area contributed by atoms with Crippen LogP contribution in [0.25, 0.3) is 0 Å². The summed E-state index contributed by atoms with van der Waals surface area (Å²) in [7, 11) is -8.99. The molecule has 1 aromatic carbocycles. The molecule has 0 bridgehead atoms. The molecule has 0 saturated heterocycles. The SMILES string of the molecule is CC(C)(C)OC(=O)NCC(=O)Nc1c(S(N)(=O)=O)cc(S(N)(=O)=O)c(Cl)c1Cl. The molecule has 0 saturated carbocycles. The van der Waals surface area contributed by atoms with Crippen LogP contribution in [0.1, 0.15) is 20.8 Å². The Kier molecular flexibility index (Phi) is 7.31. The number of sulfonamides is 2. The highest BCUT2D eigenvalue weighted by Gasteiger charge is 2.27. The smallest absolute Gasteiger partial charge is 0.408 e. The summed E-state index contributed by atoms with van der Waals surface area (Å²) in [6.45, 7) is 4.21. The third-order valence-electron chi connectivity index (χ3n) is 2.81. The van der Waals surface area contributed by atoms with Crippen LogP contribution in [0.4, 0.5) is 10.5 Å². The van der Waals surface area contributed by atoms with Crippen molar-refractivity contribution < 1.29 is 31.2 Å². The van der Waals surface area contributed by atoms with Gasteiger partial charge in [-0.2, -0.15) is 0 Å². The fourth-order valence-corrected chi connectivity index (χ4v) is 4.04. The molecule has 15 heteroatoms. The van der Waals surface area contributed by atoms with Crippen molar-refractivity contribution in [3.05, 3.63) is 16.1 Å². The zero-order valence-corrected chi connectivity index (χ0v) is 18.0. The van der Waals surface area contributed by atoms with Crippen molar-refractivity contribution in [3.8, 4) is 0 Å². The van der Waals surface area contributed by atoms with E-state index in [4.69, 9.17) is 38.2 Å². The Bertz CT molecular complexity index is 1020. The van der Waals surface area contributed by atoms with Crippen LogP contribution in [0.3, 0.4) is 0 Å². The van der Waals surface area contributed by atoms with Gasteiger partial charge in [0.2, 0.25) is 26.0 Å². The van der Waals surface area contributed by atoms with Crippen LogP contribution in [-0.2, 0) is 29.6 Å². The minimum absolute atomic E-state index is 0.565.